The highest BCUT2D eigenvalue weighted by Crippen LogP contribution is 2.37. The van der Waals surface area contributed by atoms with Crippen LogP contribution in [-0.4, -0.2) is 44.4 Å². The van der Waals surface area contributed by atoms with Gasteiger partial charge in [-0.25, -0.2) is 4.39 Å². The molecule has 1 aliphatic heterocycles. The number of anilines is 1. The highest BCUT2D eigenvalue weighted by atomic mass is 35.5. The van der Waals surface area contributed by atoms with Gasteiger partial charge in [0, 0.05) is 34.2 Å². The summed E-state index contributed by atoms with van der Waals surface area (Å²) >= 11 is 6.12. The number of carbonyl (C=O) groups is 1. The molecule has 2 N–H and O–H groups in total. The number of halogens is 2. The number of aromatic amines is 1. The third-order valence-corrected chi connectivity index (χ3v) is 6.86. The lowest BCUT2D eigenvalue weighted by Crippen LogP contribution is -2.43. The predicted molar refractivity (Wildman–Crippen MR) is 114 cm³/mol. The molecule has 1 atom stereocenters. The Kier molecular flexibility index (Phi) is 5.54. The number of aromatic nitrogens is 1. The Bertz CT molecular complexity index is 1280. The van der Waals surface area contributed by atoms with Crippen LogP contribution in [-0.2, 0) is 26.3 Å². The van der Waals surface area contributed by atoms with Crippen molar-refractivity contribution in [3.63, 3.8) is 0 Å². The molecule has 4 rings (SSSR count). The molecule has 0 saturated heterocycles. The van der Waals surface area contributed by atoms with E-state index in [2.05, 4.69) is 9.71 Å². The summed E-state index contributed by atoms with van der Waals surface area (Å²) in [4.78, 5) is 15.7. The quantitative estimate of drug-likeness (QED) is 0.560. The van der Waals surface area contributed by atoms with Crippen molar-refractivity contribution in [2.24, 2.45) is 0 Å². The van der Waals surface area contributed by atoms with Gasteiger partial charge in [0.25, 0.3) is 0 Å². The van der Waals surface area contributed by atoms with Gasteiger partial charge < -0.3 is 14.5 Å². The number of H-pyrrole nitrogens is 1. The summed E-state index contributed by atoms with van der Waals surface area (Å²) in [6, 6.07) is 8.83. The second-order valence-electron chi connectivity index (χ2n) is 7.03. The molecule has 1 unspecified atom stereocenters. The first-order chi connectivity index (χ1) is 14.7. The molecule has 1 aromatic heterocycles. The fourth-order valence-electron chi connectivity index (χ4n) is 3.75. The molecule has 31 heavy (non-hydrogen) atoms. The zero-order chi connectivity index (χ0) is 22.3. The van der Waals surface area contributed by atoms with Crippen LogP contribution in [0.3, 0.4) is 0 Å². The van der Waals surface area contributed by atoms with Crippen molar-refractivity contribution in [2.45, 2.75) is 12.5 Å². The first-order valence-corrected chi connectivity index (χ1v) is 11.0. The minimum atomic E-state index is -4.09. The maximum Gasteiger partial charge on any atom is 0.314 e. The van der Waals surface area contributed by atoms with Gasteiger partial charge in [0.05, 0.1) is 32.4 Å². The molecule has 0 bridgehead atoms. The smallest absolute Gasteiger partial charge is 0.314 e. The van der Waals surface area contributed by atoms with E-state index in [0.29, 0.717) is 16.3 Å². The topological polar surface area (TPSA) is 101 Å². The Hall–Kier alpha value is -2.82. The third kappa shape index (κ3) is 3.93. The van der Waals surface area contributed by atoms with Crippen molar-refractivity contribution < 1.29 is 27.1 Å². The van der Waals surface area contributed by atoms with E-state index >= 15 is 0 Å². The monoisotopic (exact) mass is 467 g/mol. The molecule has 1 aliphatic rings. The maximum atomic E-state index is 13.7. The van der Waals surface area contributed by atoms with Gasteiger partial charge in [-0.2, -0.15) is 12.7 Å². The minimum Gasteiger partial charge on any atom is -0.494 e. The van der Waals surface area contributed by atoms with Gasteiger partial charge in [-0.15, -0.1) is 0 Å². The average molecular weight is 468 g/mol. The van der Waals surface area contributed by atoms with Crippen LogP contribution in [0.15, 0.2) is 36.4 Å². The van der Waals surface area contributed by atoms with Gasteiger partial charge in [-0.05, 0) is 35.9 Å². The number of ether oxygens (including phenoxy) is 2. The van der Waals surface area contributed by atoms with E-state index in [-0.39, 0.29) is 24.5 Å². The van der Waals surface area contributed by atoms with Gasteiger partial charge in [-0.1, -0.05) is 11.6 Å². The number of hydrogen-bond donors (Lipinski definition) is 2. The van der Waals surface area contributed by atoms with Crippen LogP contribution in [0.2, 0.25) is 5.02 Å². The van der Waals surface area contributed by atoms with E-state index in [9.17, 15) is 17.6 Å². The second-order valence-corrected chi connectivity index (χ2v) is 9.14. The van der Waals surface area contributed by atoms with Crippen LogP contribution in [0.5, 0.6) is 5.75 Å². The van der Waals surface area contributed by atoms with Crippen LogP contribution in [0.4, 0.5) is 10.1 Å². The molecule has 2 heterocycles. The predicted octanol–water partition coefficient (Wildman–Crippen LogP) is 3.40. The summed E-state index contributed by atoms with van der Waals surface area (Å²) in [7, 11) is -1.55. The number of methoxy groups -OCH3 is 2. The molecule has 0 radical (unpaired) electrons. The van der Waals surface area contributed by atoms with Crippen molar-refractivity contribution >= 4 is 44.4 Å². The van der Waals surface area contributed by atoms with E-state index in [1.165, 1.54) is 26.4 Å². The zero-order valence-corrected chi connectivity index (χ0v) is 18.2. The third-order valence-electron chi connectivity index (χ3n) is 5.18. The van der Waals surface area contributed by atoms with Crippen molar-refractivity contribution in [1.29, 1.82) is 0 Å². The van der Waals surface area contributed by atoms with Crippen LogP contribution >= 0.6 is 11.6 Å². The van der Waals surface area contributed by atoms with Crippen molar-refractivity contribution in [2.75, 3.05) is 25.5 Å². The Morgan fingerprint density at radius 1 is 1.26 bits per heavy atom. The molecule has 11 heteroatoms. The molecule has 0 spiro atoms. The van der Waals surface area contributed by atoms with E-state index in [0.717, 1.165) is 21.3 Å². The minimum absolute atomic E-state index is 0.00277. The lowest BCUT2D eigenvalue weighted by molar-refractivity contribution is -0.142. The normalized spacial score (nSPS) is 16.7. The van der Waals surface area contributed by atoms with Crippen LogP contribution in [0.1, 0.15) is 17.2 Å². The Morgan fingerprint density at radius 3 is 2.74 bits per heavy atom. The molecule has 3 aromatic rings. The van der Waals surface area contributed by atoms with Crippen molar-refractivity contribution in [1.82, 2.24) is 9.29 Å². The van der Waals surface area contributed by atoms with Crippen LogP contribution in [0.25, 0.3) is 10.9 Å². The lowest BCUT2D eigenvalue weighted by Gasteiger charge is -2.31. The molecule has 0 saturated carbocycles. The zero-order valence-electron chi connectivity index (χ0n) is 16.6. The molecule has 164 valence electrons. The summed E-state index contributed by atoms with van der Waals surface area (Å²) < 4.78 is 53.2. The number of fused-ring (bicyclic) bond motifs is 3. The van der Waals surface area contributed by atoms with Gasteiger partial charge in [0.2, 0.25) is 0 Å². The lowest BCUT2D eigenvalue weighted by atomic mass is 9.93. The highest BCUT2D eigenvalue weighted by molar-refractivity contribution is 7.90. The Morgan fingerprint density at radius 2 is 2.03 bits per heavy atom. The molecular formula is C20H19ClFN3O5S. The molecule has 0 fully saturated rings. The SMILES string of the molecule is COC(=O)C1CN(S(=O)(=O)Nc2ccc(F)c(OC)c2)Cc2[nH]c3ccc(Cl)cc3c21. The van der Waals surface area contributed by atoms with E-state index in [1.807, 2.05) is 0 Å². The summed E-state index contributed by atoms with van der Waals surface area (Å²) in [5.74, 6) is -2.12. The fraction of sp³-hybridized carbons (Fsp3) is 0.250. The molecule has 8 nitrogen and oxygen atoms in total. The van der Waals surface area contributed by atoms with E-state index < -0.39 is 27.9 Å². The summed E-state index contributed by atoms with van der Waals surface area (Å²) in [5, 5.41) is 1.24. The number of esters is 1. The number of rotatable bonds is 5. The number of nitrogens with one attached hydrogen (secondary N) is 2. The summed E-state index contributed by atoms with van der Waals surface area (Å²) in [5.41, 5.74) is 2.10. The average Bonchev–Trinajstić information content (AvgIpc) is 3.11. The number of carbonyl (C=O) groups excluding carboxylic acids is 1. The largest absolute Gasteiger partial charge is 0.494 e. The van der Waals surface area contributed by atoms with Crippen LogP contribution < -0.4 is 9.46 Å². The van der Waals surface area contributed by atoms with Crippen molar-refractivity contribution in [3.05, 3.63) is 58.5 Å². The van der Waals surface area contributed by atoms with E-state index in [4.69, 9.17) is 21.1 Å². The number of benzene rings is 2. The van der Waals surface area contributed by atoms with Gasteiger partial charge in [0.15, 0.2) is 11.6 Å². The standard InChI is InChI=1S/C20H19ClFN3O5S/c1-29-18-8-12(4-5-15(18)22)24-31(27,28)25-9-14(20(26)30-2)19-13-7-11(21)3-6-16(13)23-17(19)10-25/h3-8,14,23-24H,9-10H2,1-2H3. The fourth-order valence-corrected chi connectivity index (χ4v) is 5.12. The molecule has 0 amide bonds. The Labute approximate surface area is 183 Å². The van der Waals surface area contributed by atoms with Gasteiger partial charge in [-0.3, -0.25) is 9.52 Å². The van der Waals surface area contributed by atoms with Crippen molar-refractivity contribution in [3.8, 4) is 5.75 Å². The maximum absolute atomic E-state index is 13.7. The molecular weight excluding hydrogens is 449 g/mol. The van der Waals surface area contributed by atoms with Gasteiger partial charge in [0.1, 0.15) is 0 Å². The summed E-state index contributed by atoms with van der Waals surface area (Å²) in [6.07, 6.45) is 0. The highest BCUT2D eigenvalue weighted by Gasteiger charge is 2.39. The number of hydrogen-bond acceptors (Lipinski definition) is 5. The Balaban J connectivity index is 1.72. The molecule has 0 aliphatic carbocycles. The second kappa shape index (κ2) is 8.03. The number of nitrogens with zero attached hydrogens (tertiary/aromatic N) is 1. The van der Waals surface area contributed by atoms with Crippen LogP contribution in [0, 0.1) is 5.82 Å². The first kappa shape index (κ1) is 21.4. The van der Waals surface area contributed by atoms with E-state index in [1.54, 1.807) is 18.2 Å². The molecule has 2 aromatic carbocycles. The van der Waals surface area contributed by atoms with Gasteiger partial charge >= 0.3 is 16.2 Å². The summed E-state index contributed by atoms with van der Waals surface area (Å²) in [6.45, 7) is -0.129. The first-order valence-electron chi connectivity index (χ1n) is 9.22.